The van der Waals surface area contributed by atoms with Crippen LogP contribution in [0.15, 0.2) is 42.5 Å². The molecule has 152 valence electrons. The topological polar surface area (TPSA) is 71.1 Å². The van der Waals surface area contributed by atoms with Crippen LogP contribution in [0.1, 0.15) is 5.56 Å². The average molecular weight is 413 g/mol. The van der Waals surface area contributed by atoms with Crippen LogP contribution in [0.2, 0.25) is 0 Å². The van der Waals surface area contributed by atoms with E-state index in [2.05, 4.69) is 30.4 Å². The van der Waals surface area contributed by atoms with E-state index in [4.69, 9.17) is 10.1 Å². The molecule has 1 aromatic heterocycles. The van der Waals surface area contributed by atoms with Gasteiger partial charge in [-0.15, -0.1) is 11.3 Å². The van der Waals surface area contributed by atoms with E-state index in [9.17, 15) is 4.79 Å². The number of aromatic nitrogens is 1. The highest BCUT2D eigenvalue weighted by atomic mass is 32.1. The Bertz CT molecular complexity index is 978. The summed E-state index contributed by atoms with van der Waals surface area (Å²) in [6, 6.07) is 14.2. The summed E-state index contributed by atoms with van der Waals surface area (Å²) in [5, 5.41) is 13.1. The number of thiazole rings is 1. The van der Waals surface area contributed by atoms with Crippen molar-refractivity contribution in [1.29, 1.82) is 0 Å². The summed E-state index contributed by atoms with van der Waals surface area (Å²) in [5.41, 5.74) is 4.15. The first-order chi connectivity index (χ1) is 14.1. The fourth-order valence-electron chi connectivity index (χ4n) is 3.83. The molecule has 0 unspecified atom stereocenters. The maximum atomic E-state index is 12.4. The predicted molar refractivity (Wildman–Crippen MR) is 117 cm³/mol. The van der Waals surface area contributed by atoms with Crippen LogP contribution < -0.4 is 15.1 Å². The van der Waals surface area contributed by atoms with E-state index in [1.807, 2.05) is 24.3 Å². The minimum atomic E-state index is 0.0498. The number of amides is 1. The lowest BCUT2D eigenvalue weighted by Crippen LogP contribution is -3.28. The van der Waals surface area contributed by atoms with Crippen molar-refractivity contribution < 1.29 is 19.7 Å². The van der Waals surface area contributed by atoms with Crippen LogP contribution in [0.5, 0.6) is 0 Å². The Morgan fingerprint density at radius 1 is 1.10 bits per heavy atom. The fourth-order valence-corrected chi connectivity index (χ4v) is 4.89. The van der Waals surface area contributed by atoms with Crippen molar-refractivity contribution in [1.82, 2.24) is 4.98 Å². The van der Waals surface area contributed by atoms with Gasteiger partial charge in [0.1, 0.15) is 37.7 Å². The number of fused-ring (bicyclic) bond motifs is 1. The number of rotatable bonds is 6. The molecule has 3 aromatic rings. The average Bonchev–Trinajstić information content (AvgIpc) is 3.13. The summed E-state index contributed by atoms with van der Waals surface area (Å²) in [6.07, 6.45) is 0. The minimum Gasteiger partial charge on any atom is -0.391 e. The fraction of sp³-hybridized carbons (Fsp3) is 0.364. The third-order valence-electron chi connectivity index (χ3n) is 5.50. The number of aliphatic hydroxyl groups excluding tert-OH is 1. The van der Waals surface area contributed by atoms with E-state index in [0.717, 1.165) is 54.5 Å². The second-order valence-electron chi connectivity index (χ2n) is 7.77. The van der Waals surface area contributed by atoms with Gasteiger partial charge in [-0.3, -0.25) is 4.79 Å². The van der Waals surface area contributed by atoms with Gasteiger partial charge in [0.25, 0.3) is 5.91 Å². The molecule has 0 bridgehead atoms. The van der Waals surface area contributed by atoms with Gasteiger partial charge in [0.2, 0.25) is 0 Å². The molecule has 29 heavy (non-hydrogen) atoms. The summed E-state index contributed by atoms with van der Waals surface area (Å²) in [7, 11) is 0. The molecule has 1 fully saturated rings. The highest BCUT2D eigenvalue weighted by Crippen LogP contribution is 2.31. The van der Waals surface area contributed by atoms with Crippen LogP contribution in [-0.4, -0.2) is 61.9 Å². The number of benzene rings is 2. The number of piperazine rings is 1. The number of carbonyl (C=O) groups excluding carboxylic acids is 1. The van der Waals surface area contributed by atoms with E-state index in [-0.39, 0.29) is 12.5 Å². The summed E-state index contributed by atoms with van der Waals surface area (Å²) in [4.78, 5) is 19.9. The second kappa shape index (κ2) is 9.00. The number of nitrogens with zero attached hydrogens (tertiary/aromatic N) is 1. The van der Waals surface area contributed by atoms with Gasteiger partial charge in [-0.25, -0.2) is 4.98 Å². The lowest BCUT2D eigenvalue weighted by atomic mass is 10.2. The molecular weight excluding hydrogens is 384 g/mol. The largest absolute Gasteiger partial charge is 0.391 e. The van der Waals surface area contributed by atoms with E-state index >= 15 is 0 Å². The number of aliphatic hydroxyl groups is 1. The van der Waals surface area contributed by atoms with Crippen molar-refractivity contribution >= 4 is 33.1 Å². The normalized spacial score (nSPS) is 19.4. The van der Waals surface area contributed by atoms with Crippen molar-refractivity contribution in [2.75, 3.05) is 51.2 Å². The molecule has 0 radical (unpaired) electrons. The van der Waals surface area contributed by atoms with E-state index in [1.165, 1.54) is 20.1 Å². The molecule has 0 atom stereocenters. The Balaban J connectivity index is 1.33. The second-order valence-corrected chi connectivity index (χ2v) is 8.80. The van der Waals surface area contributed by atoms with Crippen molar-refractivity contribution in [2.45, 2.75) is 6.92 Å². The molecule has 1 aliphatic heterocycles. The number of aryl methyl sites for hydroxylation is 1. The molecule has 4 rings (SSSR count). The zero-order chi connectivity index (χ0) is 20.2. The molecule has 6 nitrogen and oxygen atoms in total. The van der Waals surface area contributed by atoms with Crippen LogP contribution in [0.25, 0.3) is 20.8 Å². The van der Waals surface area contributed by atoms with E-state index in [1.54, 1.807) is 11.3 Å². The van der Waals surface area contributed by atoms with Crippen LogP contribution in [0, 0.1) is 6.92 Å². The van der Waals surface area contributed by atoms with Crippen LogP contribution in [0.4, 0.5) is 5.69 Å². The van der Waals surface area contributed by atoms with Gasteiger partial charge >= 0.3 is 0 Å². The standard InChI is InChI=1S/C22H26N4O2S/c1-16-2-7-19-20(14-16)29-22(24-19)17-3-5-18(6-4-17)23-21(28)15-26-10-8-25(9-11-26)12-13-27/h2-7,14,27H,8-13,15H2,1H3,(H,23,28)/p+2. The van der Waals surface area contributed by atoms with Crippen molar-refractivity contribution in [2.24, 2.45) is 0 Å². The van der Waals surface area contributed by atoms with Crippen LogP contribution >= 0.6 is 11.3 Å². The number of quaternary nitrogens is 2. The lowest BCUT2D eigenvalue weighted by molar-refractivity contribution is -1.01. The molecule has 0 aliphatic carbocycles. The quantitative estimate of drug-likeness (QED) is 0.460. The predicted octanol–water partition coefficient (Wildman–Crippen LogP) is -0.0141. The molecule has 1 saturated heterocycles. The number of anilines is 1. The molecule has 1 amide bonds. The van der Waals surface area contributed by atoms with Crippen molar-refractivity contribution in [3.05, 3.63) is 48.0 Å². The minimum absolute atomic E-state index is 0.0498. The Morgan fingerprint density at radius 2 is 1.83 bits per heavy atom. The Labute approximate surface area is 174 Å². The monoisotopic (exact) mass is 412 g/mol. The van der Waals surface area contributed by atoms with Crippen molar-refractivity contribution in [3.63, 3.8) is 0 Å². The number of hydrogen-bond donors (Lipinski definition) is 4. The Kier molecular flexibility index (Phi) is 6.20. The number of nitrogens with one attached hydrogen (secondary N) is 3. The summed E-state index contributed by atoms with van der Waals surface area (Å²) < 4.78 is 1.20. The maximum absolute atomic E-state index is 12.4. The van der Waals surface area contributed by atoms with Gasteiger partial charge in [-0.1, -0.05) is 6.07 Å². The van der Waals surface area contributed by atoms with Gasteiger partial charge in [0.05, 0.1) is 16.8 Å². The van der Waals surface area contributed by atoms with Crippen molar-refractivity contribution in [3.8, 4) is 10.6 Å². The molecule has 2 aromatic carbocycles. The summed E-state index contributed by atoms with van der Waals surface area (Å²) in [5.74, 6) is 0.0498. The van der Waals surface area contributed by atoms with Gasteiger partial charge in [0.15, 0.2) is 6.54 Å². The maximum Gasteiger partial charge on any atom is 0.279 e. The van der Waals surface area contributed by atoms with Crippen LogP contribution in [0.3, 0.4) is 0 Å². The lowest BCUT2D eigenvalue weighted by Gasteiger charge is -2.28. The van der Waals surface area contributed by atoms with Gasteiger partial charge in [-0.05, 0) is 48.9 Å². The van der Waals surface area contributed by atoms with E-state index < -0.39 is 0 Å². The van der Waals surface area contributed by atoms with Crippen LogP contribution in [-0.2, 0) is 4.79 Å². The molecule has 7 heteroatoms. The molecule has 0 spiro atoms. The zero-order valence-electron chi connectivity index (χ0n) is 16.7. The molecule has 4 N–H and O–H groups in total. The third kappa shape index (κ3) is 5.00. The Morgan fingerprint density at radius 3 is 2.55 bits per heavy atom. The molecular formula is C22H28N4O2S+2. The highest BCUT2D eigenvalue weighted by Gasteiger charge is 2.24. The zero-order valence-corrected chi connectivity index (χ0v) is 17.5. The van der Waals surface area contributed by atoms with E-state index in [0.29, 0.717) is 6.54 Å². The third-order valence-corrected chi connectivity index (χ3v) is 6.57. The SMILES string of the molecule is Cc1ccc2nc(-c3ccc(NC(=O)C[NH+]4CC[NH+](CCO)CC4)cc3)sc2c1. The number of hydrogen-bond acceptors (Lipinski definition) is 4. The molecule has 1 aliphatic rings. The molecule has 0 saturated carbocycles. The first-order valence-corrected chi connectivity index (χ1v) is 11.0. The smallest absolute Gasteiger partial charge is 0.279 e. The first-order valence-electron chi connectivity index (χ1n) is 10.2. The van der Waals surface area contributed by atoms with Gasteiger partial charge in [0, 0.05) is 11.3 Å². The van der Waals surface area contributed by atoms with Gasteiger partial charge < -0.3 is 20.2 Å². The van der Waals surface area contributed by atoms with Gasteiger partial charge in [-0.2, -0.15) is 0 Å². The Hall–Kier alpha value is -2.32. The summed E-state index contributed by atoms with van der Waals surface area (Å²) in [6.45, 7) is 7.59. The first kappa shape index (κ1) is 20.0. The highest BCUT2D eigenvalue weighted by molar-refractivity contribution is 7.21. The molecule has 2 heterocycles. The number of carbonyl (C=O) groups is 1. The summed E-state index contributed by atoms with van der Waals surface area (Å²) >= 11 is 1.69.